The van der Waals surface area contributed by atoms with E-state index in [1.54, 1.807) is 42.5 Å². The Bertz CT molecular complexity index is 1320. The van der Waals surface area contributed by atoms with Crippen LogP contribution < -0.4 is 4.74 Å². The number of carbonyl (C=O) groups excluding carboxylic acids is 2. The number of carbonyl (C=O) groups is 2. The summed E-state index contributed by atoms with van der Waals surface area (Å²) >= 11 is 0. The molecule has 1 amide bonds. The molecule has 0 aromatic heterocycles. The minimum atomic E-state index is -1.01. The van der Waals surface area contributed by atoms with Crippen molar-refractivity contribution in [3.63, 3.8) is 0 Å². The van der Waals surface area contributed by atoms with E-state index in [2.05, 4.69) is 0 Å². The molecule has 3 aromatic carbocycles. The second kappa shape index (κ2) is 11.4. The second-order valence-electron chi connectivity index (χ2n) is 9.47. The molecule has 1 N–H and O–H groups in total. The van der Waals surface area contributed by atoms with Crippen molar-refractivity contribution >= 4 is 17.4 Å². The van der Waals surface area contributed by atoms with Crippen molar-refractivity contribution in [3.05, 3.63) is 106 Å². The first kappa shape index (κ1) is 26.1. The number of nitrogens with zero attached hydrogens (tertiary/aromatic N) is 2. The first-order valence-electron chi connectivity index (χ1n) is 12.2. The van der Waals surface area contributed by atoms with Crippen molar-refractivity contribution in [3.8, 4) is 5.75 Å². The highest BCUT2D eigenvalue weighted by Crippen LogP contribution is 2.40. The molecule has 0 spiro atoms. The summed E-state index contributed by atoms with van der Waals surface area (Å²) in [6, 6.07) is 19.7. The van der Waals surface area contributed by atoms with E-state index in [1.165, 1.54) is 11.0 Å². The van der Waals surface area contributed by atoms with Crippen LogP contribution in [-0.4, -0.2) is 53.8 Å². The van der Waals surface area contributed by atoms with E-state index in [-0.39, 0.29) is 23.4 Å². The lowest BCUT2D eigenvalue weighted by molar-refractivity contribution is -0.140. The summed E-state index contributed by atoms with van der Waals surface area (Å²) < 4.78 is 20.7. The molecule has 0 aliphatic carbocycles. The summed E-state index contributed by atoms with van der Waals surface area (Å²) in [6.45, 7) is 3.35. The van der Waals surface area contributed by atoms with Gasteiger partial charge >= 0.3 is 0 Å². The lowest BCUT2D eigenvalue weighted by Gasteiger charge is -2.26. The van der Waals surface area contributed by atoms with Gasteiger partial charge in [-0.1, -0.05) is 48.0 Å². The third-order valence-electron chi connectivity index (χ3n) is 6.36. The third kappa shape index (κ3) is 5.89. The molecule has 37 heavy (non-hydrogen) atoms. The Hall–Kier alpha value is -3.97. The summed E-state index contributed by atoms with van der Waals surface area (Å²) in [7, 11) is 3.83. The zero-order valence-electron chi connectivity index (χ0n) is 21.3. The van der Waals surface area contributed by atoms with Crippen molar-refractivity contribution in [1.29, 1.82) is 0 Å². The van der Waals surface area contributed by atoms with Gasteiger partial charge in [-0.15, -0.1) is 0 Å². The molecule has 1 unspecified atom stereocenters. The van der Waals surface area contributed by atoms with Crippen molar-refractivity contribution in [1.82, 2.24) is 9.80 Å². The third-order valence-corrected chi connectivity index (χ3v) is 6.36. The highest BCUT2D eigenvalue weighted by atomic mass is 19.1. The van der Waals surface area contributed by atoms with Crippen LogP contribution in [0.3, 0.4) is 0 Å². The maximum absolute atomic E-state index is 14.9. The van der Waals surface area contributed by atoms with Crippen LogP contribution in [0.1, 0.15) is 34.7 Å². The van der Waals surface area contributed by atoms with Crippen LogP contribution in [0.2, 0.25) is 0 Å². The largest absolute Gasteiger partial charge is 0.507 e. The smallest absolute Gasteiger partial charge is 0.295 e. The number of hydrogen-bond donors (Lipinski definition) is 1. The van der Waals surface area contributed by atoms with E-state index in [1.807, 2.05) is 50.2 Å². The minimum Gasteiger partial charge on any atom is -0.507 e. The number of aryl methyl sites for hydroxylation is 1. The van der Waals surface area contributed by atoms with Crippen LogP contribution in [-0.2, 0) is 16.2 Å². The summed E-state index contributed by atoms with van der Waals surface area (Å²) in [6.07, 6.45) is 0.595. The maximum atomic E-state index is 14.9. The Morgan fingerprint density at radius 3 is 2.43 bits per heavy atom. The number of halogens is 1. The molecule has 1 saturated heterocycles. The highest BCUT2D eigenvalue weighted by molar-refractivity contribution is 6.46. The van der Waals surface area contributed by atoms with Gasteiger partial charge in [-0.3, -0.25) is 9.59 Å². The van der Waals surface area contributed by atoms with Gasteiger partial charge in [0, 0.05) is 17.7 Å². The molecular formula is C30H31FN2O4. The Kier molecular flexibility index (Phi) is 8.04. The number of ketones is 1. The normalized spacial score (nSPS) is 17.0. The van der Waals surface area contributed by atoms with Crippen LogP contribution in [0.4, 0.5) is 4.39 Å². The van der Waals surface area contributed by atoms with Crippen LogP contribution in [0, 0.1) is 12.7 Å². The fourth-order valence-corrected chi connectivity index (χ4v) is 4.52. The number of amides is 1. The number of ether oxygens (including phenoxy) is 1. The summed E-state index contributed by atoms with van der Waals surface area (Å²) in [5, 5.41) is 11.2. The first-order valence-corrected chi connectivity index (χ1v) is 12.2. The number of likely N-dealkylation sites (tertiary alicyclic amines) is 1. The second-order valence-corrected chi connectivity index (χ2v) is 9.47. The molecule has 1 aliphatic rings. The fourth-order valence-electron chi connectivity index (χ4n) is 4.52. The van der Waals surface area contributed by atoms with Gasteiger partial charge in [-0.05, 0) is 69.9 Å². The minimum absolute atomic E-state index is 0.117. The van der Waals surface area contributed by atoms with Crippen molar-refractivity contribution in [2.24, 2.45) is 0 Å². The Balaban J connectivity index is 1.64. The number of benzene rings is 3. The van der Waals surface area contributed by atoms with E-state index in [9.17, 15) is 19.1 Å². The molecule has 1 fully saturated rings. The van der Waals surface area contributed by atoms with Crippen LogP contribution in [0.15, 0.2) is 78.4 Å². The fraction of sp³-hybridized carbons (Fsp3) is 0.267. The number of rotatable bonds is 9. The van der Waals surface area contributed by atoms with Gasteiger partial charge in [0.05, 0.1) is 11.6 Å². The van der Waals surface area contributed by atoms with Gasteiger partial charge in [-0.2, -0.15) is 0 Å². The molecule has 1 atom stereocenters. The topological polar surface area (TPSA) is 70.1 Å². The van der Waals surface area contributed by atoms with Gasteiger partial charge in [0.2, 0.25) is 0 Å². The van der Waals surface area contributed by atoms with Gasteiger partial charge in [0.1, 0.15) is 23.9 Å². The molecule has 4 rings (SSSR count). The Morgan fingerprint density at radius 1 is 1.03 bits per heavy atom. The zero-order valence-corrected chi connectivity index (χ0v) is 21.3. The molecule has 1 heterocycles. The molecule has 0 radical (unpaired) electrons. The van der Waals surface area contributed by atoms with Crippen molar-refractivity contribution in [2.75, 3.05) is 27.2 Å². The zero-order chi connectivity index (χ0) is 26.5. The lowest BCUT2D eigenvalue weighted by atomic mass is 9.95. The SMILES string of the molecule is Cc1cccc(COc2ccc(/C(O)=C3/C(=O)C(=O)N(CCCN(C)C)C3c3ccccc3F)cc2)c1. The standard InChI is InChI=1S/C30H31FN2O4/c1-20-8-6-9-21(18-20)19-37-23-14-12-22(13-15-23)28(34)26-27(24-10-4-5-11-25(24)31)33(30(36)29(26)35)17-7-16-32(2)3/h4-6,8-15,18,27,34H,7,16-17,19H2,1-3H3/b28-26-. The van der Waals surface area contributed by atoms with Gasteiger partial charge in [-0.25, -0.2) is 4.39 Å². The maximum Gasteiger partial charge on any atom is 0.295 e. The molecular weight excluding hydrogens is 471 g/mol. The van der Waals surface area contributed by atoms with E-state index in [0.29, 0.717) is 30.9 Å². The quantitative estimate of drug-likeness (QED) is 0.251. The Labute approximate surface area is 216 Å². The average molecular weight is 503 g/mol. The van der Waals surface area contributed by atoms with E-state index < -0.39 is 23.5 Å². The molecule has 7 heteroatoms. The first-order chi connectivity index (χ1) is 17.8. The molecule has 3 aromatic rings. The molecule has 0 bridgehead atoms. The molecule has 192 valence electrons. The number of Topliss-reactive ketones (excluding diaryl/α,β-unsaturated/α-hetero) is 1. The van der Waals surface area contributed by atoms with Crippen molar-refractivity contribution in [2.45, 2.75) is 26.0 Å². The van der Waals surface area contributed by atoms with Crippen molar-refractivity contribution < 1.29 is 23.8 Å². The number of aliphatic hydroxyl groups is 1. The van der Waals surface area contributed by atoms with Gasteiger partial charge in [0.25, 0.3) is 11.7 Å². The van der Waals surface area contributed by atoms with Crippen LogP contribution in [0.25, 0.3) is 5.76 Å². The molecule has 0 saturated carbocycles. The highest BCUT2D eigenvalue weighted by Gasteiger charge is 2.46. The predicted octanol–water partition coefficient (Wildman–Crippen LogP) is 5.09. The van der Waals surface area contributed by atoms with E-state index in [4.69, 9.17) is 4.74 Å². The summed E-state index contributed by atoms with van der Waals surface area (Å²) in [4.78, 5) is 29.4. The monoisotopic (exact) mass is 502 g/mol. The van der Waals surface area contributed by atoms with Gasteiger partial charge in [0.15, 0.2) is 0 Å². The van der Waals surface area contributed by atoms with E-state index >= 15 is 0 Å². The number of aliphatic hydroxyl groups excluding tert-OH is 1. The molecule has 6 nitrogen and oxygen atoms in total. The van der Waals surface area contributed by atoms with Crippen LogP contribution >= 0.6 is 0 Å². The molecule has 1 aliphatic heterocycles. The van der Waals surface area contributed by atoms with Crippen LogP contribution in [0.5, 0.6) is 5.75 Å². The lowest BCUT2D eigenvalue weighted by Crippen LogP contribution is -2.32. The average Bonchev–Trinajstić information content (AvgIpc) is 3.12. The van der Waals surface area contributed by atoms with E-state index in [0.717, 1.165) is 11.1 Å². The summed E-state index contributed by atoms with van der Waals surface area (Å²) in [5.74, 6) is -1.86. The summed E-state index contributed by atoms with van der Waals surface area (Å²) in [5.41, 5.74) is 2.57. The number of hydrogen-bond acceptors (Lipinski definition) is 5. The predicted molar refractivity (Wildman–Crippen MR) is 141 cm³/mol. The van der Waals surface area contributed by atoms with Gasteiger partial charge < -0.3 is 19.6 Å². The Morgan fingerprint density at radius 2 is 1.76 bits per heavy atom.